The Hall–Kier alpha value is -2.16. The van der Waals surface area contributed by atoms with Crippen molar-refractivity contribution in [2.24, 2.45) is 23.2 Å². The standard InChI is InChI=1S/C26H29FO2/c1-26-13-12-22-21-11-9-20(28)14-17(21)6-10-23(22)25(26)18(15-24(26)29)5-2-16-3-7-19(27)8-4-16/h3-4,7-9,11,14,18,22-23,25,28H,2,5-6,10,12-13,15H2,1H3/t18?,22-,23-,25+,26-/m1/s1. The fraction of sp³-hybridized carbons (Fsp3) is 0.500. The molecule has 2 nitrogen and oxygen atoms in total. The fourth-order valence-electron chi connectivity index (χ4n) is 6.90. The highest BCUT2D eigenvalue weighted by molar-refractivity contribution is 5.87. The van der Waals surface area contributed by atoms with E-state index < -0.39 is 0 Å². The Morgan fingerprint density at radius 1 is 1.14 bits per heavy atom. The number of fused-ring (bicyclic) bond motifs is 5. The number of halogens is 1. The van der Waals surface area contributed by atoms with Crippen LogP contribution in [-0.4, -0.2) is 10.9 Å². The highest BCUT2D eigenvalue weighted by atomic mass is 19.1. The molecule has 152 valence electrons. The molecule has 0 spiro atoms. The summed E-state index contributed by atoms with van der Waals surface area (Å²) in [6, 6.07) is 12.7. The smallest absolute Gasteiger partial charge is 0.139 e. The third-order valence-electron chi connectivity index (χ3n) is 8.27. The van der Waals surface area contributed by atoms with Crippen LogP contribution in [0.4, 0.5) is 4.39 Å². The summed E-state index contributed by atoms with van der Waals surface area (Å²) in [6.07, 6.45) is 6.78. The molecule has 5 atom stereocenters. The van der Waals surface area contributed by atoms with Crippen LogP contribution < -0.4 is 0 Å². The second kappa shape index (κ2) is 6.97. The average Bonchev–Trinajstić information content (AvgIpc) is 2.97. The fourth-order valence-corrected chi connectivity index (χ4v) is 6.90. The van der Waals surface area contributed by atoms with Crippen molar-refractivity contribution in [1.82, 2.24) is 0 Å². The largest absolute Gasteiger partial charge is 0.508 e. The van der Waals surface area contributed by atoms with Gasteiger partial charge in [-0.05, 0) is 103 Å². The second-order valence-corrected chi connectivity index (χ2v) is 9.73. The third kappa shape index (κ3) is 3.10. The highest BCUT2D eigenvalue weighted by Crippen LogP contribution is 2.62. The monoisotopic (exact) mass is 392 g/mol. The van der Waals surface area contributed by atoms with Crippen LogP contribution in [0.3, 0.4) is 0 Å². The first-order valence-electron chi connectivity index (χ1n) is 11.1. The molecule has 0 bridgehead atoms. The molecular formula is C26H29FO2. The van der Waals surface area contributed by atoms with E-state index >= 15 is 0 Å². The quantitative estimate of drug-likeness (QED) is 0.715. The molecule has 0 aromatic heterocycles. The number of hydrogen-bond acceptors (Lipinski definition) is 2. The molecule has 2 aromatic rings. The van der Waals surface area contributed by atoms with Gasteiger partial charge in [0.2, 0.25) is 0 Å². The molecule has 29 heavy (non-hydrogen) atoms. The van der Waals surface area contributed by atoms with Crippen molar-refractivity contribution < 1.29 is 14.3 Å². The summed E-state index contributed by atoms with van der Waals surface area (Å²) >= 11 is 0. The van der Waals surface area contributed by atoms with Crippen molar-refractivity contribution in [3.8, 4) is 5.75 Å². The summed E-state index contributed by atoms with van der Waals surface area (Å²) in [7, 11) is 0. The van der Waals surface area contributed by atoms with Gasteiger partial charge in [0.15, 0.2) is 0 Å². The predicted molar refractivity (Wildman–Crippen MR) is 111 cm³/mol. The van der Waals surface area contributed by atoms with Crippen molar-refractivity contribution in [2.75, 3.05) is 0 Å². The summed E-state index contributed by atoms with van der Waals surface area (Å²) in [5.41, 5.74) is 3.67. The van der Waals surface area contributed by atoms with E-state index in [1.807, 2.05) is 24.3 Å². The van der Waals surface area contributed by atoms with Gasteiger partial charge in [0.05, 0.1) is 0 Å². The number of aromatic hydroxyl groups is 1. The number of benzene rings is 2. The second-order valence-electron chi connectivity index (χ2n) is 9.73. The molecule has 1 N–H and O–H groups in total. The molecule has 0 amide bonds. The first kappa shape index (κ1) is 18.8. The molecular weight excluding hydrogens is 363 g/mol. The van der Waals surface area contributed by atoms with Gasteiger partial charge in [0, 0.05) is 11.8 Å². The Labute approximate surface area is 172 Å². The van der Waals surface area contributed by atoms with Crippen LogP contribution in [0.15, 0.2) is 42.5 Å². The van der Waals surface area contributed by atoms with Gasteiger partial charge in [-0.25, -0.2) is 4.39 Å². The Balaban J connectivity index is 1.41. The van der Waals surface area contributed by atoms with Gasteiger partial charge in [0.25, 0.3) is 0 Å². The predicted octanol–water partition coefficient (Wildman–Crippen LogP) is 5.82. The van der Waals surface area contributed by atoms with Crippen LogP contribution in [0, 0.1) is 29.0 Å². The summed E-state index contributed by atoms with van der Waals surface area (Å²) in [5.74, 6) is 2.55. The molecule has 1 unspecified atom stereocenters. The van der Waals surface area contributed by atoms with E-state index in [0.717, 1.165) is 44.1 Å². The molecule has 2 fully saturated rings. The first-order valence-corrected chi connectivity index (χ1v) is 11.1. The van der Waals surface area contributed by atoms with E-state index in [1.54, 1.807) is 0 Å². The van der Waals surface area contributed by atoms with Gasteiger partial charge in [0.1, 0.15) is 17.3 Å². The topological polar surface area (TPSA) is 37.3 Å². The number of phenolic OH excluding ortho intramolecular Hbond substituents is 1. The normalized spacial score (nSPS) is 33.1. The third-order valence-corrected chi connectivity index (χ3v) is 8.27. The maximum absolute atomic E-state index is 13.2. The van der Waals surface area contributed by atoms with E-state index in [1.165, 1.54) is 23.3 Å². The molecule has 0 aliphatic heterocycles. The Morgan fingerprint density at radius 3 is 2.72 bits per heavy atom. The minimum Gasteiger partial charge on any atom is -0.508 e. The molecule has 3 aliphatic carbocycles. The van der Waals surface area contributed by atoms with Crippen LogP contribution in [0.2, 0.25) is 0 Å². The Morgan fingerprint density at radius 2 is 1.93 bits per heavy atom. The molecule has 3 aliphatic rings. The minimum atomic E-state index is -0.195. The van der Waals surface area contributed by atoms with E-state index in [-0.39, 0.29) is 11.2 Å². The summed E-state index contributed by atoms with van der Waals surface area (Å²) in [5, 5.41) is 9.88. The maximum atomic E-state index is 13.2. The Kier molecular flexibility index (Phi) is 4.53. The molecule has 0 heterocycles. The lowest BCUT2D eigenvalue weighted by atomic mass is 9.54. The van der Waals surface area contributed by atoms with Gasteiger partial charge in [-0.1, -0.05) is 25.1 Å². The number of carbonyl (C=O) groups excluding carboxylic acids is 1. The lowest BCUT2D eigenvalue weighted by Crippen LogP contribution is -2.44. The van der Waals surface area contributed by atoms with Crippen molar-refractivity contribution in [2.45, 2.75) is 57.8 Å². The Bertz CT molecular complexity index is 934. The molecule has 0 radical (unpaired) electrons. The zero-order chi connectivity index (χ0) is 20.2. The number of Topliss-reactive ketones (excluding diaryl/α,β-unsaturated/α-hetero) is 1. The molecule has 3 heteroatoms. The number of hydrogen-bond donors (Lipinski definition) is 1. The van der Waals surface area contributed by atoms with Crippen LogP contribution >= 0.6 is 0 Å². The van der Waals surface area contributed by atoms with Crippen molar-refractivity contribution in [3.05, 3.63) is 65.0 Å². The van der Waals surface area contributed by atoms with Crippen LogP contribution in [0.5, 0.6) is 5.75 Å². The zero-order valence-electron chi connectivity index (χ0n) is 17.0. The van der Waals surface area contributed by atoms with E-state index in [2.05, 4.69) is 13.0 Å². The maximum Gasteiger partial charge on any atom is 0.139 e. The summed E-state index contributed by atoms with van der Waals surface area (Å²) < 4.78 is 13.2. The van der Waals surface area contributed by atoms with Crippen molar-refractivity contribution >= 4 is 5.78 Å². The summed E-state index contributed by atoms with van der Waals surface area (Å²) in [6.45, 7) is 2.22. The minimum absolute atomic E-state index is 0.178. The van der Waals surface area contributed by atoms with Gasteiger partial charge in [-0.15, -0.1) is 0 Å². The average molecular weight is 393 g/mol. The van der Waals surface area contributed by atoms with Crippen LogP contribution in [0.25, 0.3) is 0 Å². The molecule has 2 saturated carbocycles. The SMILES string of the molecule is C[C@]12CC[C@@H]3c4ccc(O)cc4CC[C@H]3[C@@H]1C(CCc1ccc(F)cc1)CC2=O. The number of phenols is 1. The number of ketones is 1. The number of aryl methyl sites for hydroxylation is 2. The highest BCUT2D eigenvalue weighted by Gasteiger charge is 2.58. The van der Waals surface area contributed by atoms with Gasteiger partial charge in [-0.2, -0.15) is 0 Å². The van der Waals surface area contributed by atoms with Gasteiger partial charge in [-0.3, -0.25) is 4.79 Å². The van der Waals surface area contributed by atoms with Crippen LogP contribution in [0.1, 0.15) is 61.6 Å². The van der Waals surface area contributed by atoms with Gasteiger partial charge >= 0.3 is 0 Å². The summed E-state index contributed by atoms with van der Waals surface area (Å²) in [4.78, 5) is 13.1. The van der Waals surface area contributed by atoms with Crippen molar-refractivity contribution in [3.63, 3.8) is 0 Å². The van der Waals surface area contributed by atoms with Crippen molar-refractivity contribution in [1.29, 1.82) is 0 Å². The van der Waals surface area contributed by atoms with Gasteiger partial charge < -0.3 is 5.11 Å². The lowest BCUT2D eigenvalue weighted by Gasteiger charge is -2.50. The molecule has 5 rings (SSSR count). The number of carbonyl (C=O) groups is 1. The first-order chi connectivity index (χ1) is 14.0. The van der Waals surface area contributed by atoms with E-state index in [9.17, 15) is 14.3 Å². The van der Waals surface area contributed by atoms with E-state index in [4.69, 9.17) is 0 Å². The van der Waals surface area contributed by atoms with Crippen LogP contribution in [-0.2, 0) is 17.6 Å². The van der Waals surface area contributed by atoms with E-state index in [0.29, 0.717) is 41.6 Å². The molecule has 0 saturated heterocycles. The lowest BCUT2D eigenvalue weighted by molar-refractivity contribution is -0.129. The molecule has 2 aromatic carbocycles. The zero-order valence-corrected chi connectivity index (χ0v) is 17.0. The number of rotatable bonds is 3.